The Balaban J connectivity index is 1.78. The lowest BCUT2D eigenvalue weighted by Gasteiger charge is -2.32. The van der Waals surface area contributed by atoms with Gasteiger partial charge in [-0.1, -0.05) is 0 Å². The predicted octanol–water partition coefficient (Wildman–Crippen LogP) is 1.77. The third-order valence-corrected chi connectivity index (χ3v) is 3.46. The normalized spacial score (nSPS) is 22.1. The van der Waals surface area contributed by atoms with E-state index in [-0.39, 0.29) is 12.6 Å². The second-order valence-corrected chi connectivity index (χ2v) is 5.20. The SMILES string of the molecule is CC1Oc2cc(N)ccc2N(COCC2CC2)C1=O. The molecular weight excluding hydrogens is 244 g/mol. The van der Waals surface area contributed by atoms with Crippen LogP contribution in [0.5, 0.6) is 5.75 Å². The van der Waals surface area contributed by atoms with Gasteiger partial charge in [0.1, 0.15) is 12.5 Å². The number of anilines is 2. The van der Waals surface area contributed by atoms with Crippen molar-refractivity contribution in [2.45, 2.75) is 25.9 Å². The van der Waals surface area contributed by atoms with E-state index in [1.165, 1.54) is 12.8 Å². The van der Waals surface area contributed by atoms with Crippen LogP contribution in [0.3, 0.4) is 0 Å². The molecule has 102 valence electrons. The number of nitrogen functional groups attached to an aromatic ring is 1. The van der Waals surface area contributed by atoms with E-state index in [9.17, 15) is 4.79 Å². The molecule has 2 aliphatic rings. The molecule has 0 radical (unpaired) electrons. The molecule has 1 aliphatic carbocycles. The van der Waals surface area contributed by atoms with Gasteiger partial charge in [-0.3, -0.25) is 9.69 Å². The maximum Gasteiger partial charge on any atom is 0.269 e. The maximum absolute atomic E-state index is 12.2. The molecule has 2 N–H and O–H groups in total. The van der Waals surface area contributed by atoms with Gasteiger partial charge >= 0.3 is 0 Å². The van der Waals surface area contributed by atoms with E-state index >= 15 is 0 Å². The third-order valence-electron chi connectivity index (χ3n) is 3.46. The first-order chi connectivity index (χ1) is 9.15. The van der Waals surface area contributed by atoms with Crippen molar-refractivity contribution in [2.75, 3.05) is 24.0 Å². The van der Waals surface area contributed by atoms with E-state index in [1.54, 1.807) is 30.0 Å². The Bertz CT molecular complexity index is 499. The van der Waals surface area contributed by atoms with E-state index in [1.807, 2.05) is 0 Å². The number of hydrogen-bond acceptors (Lipinski definition) is 4. The Morgan fingerprint density at radius 3 is 3.00 bits per heavy atom. The molecule has 1 atom stereocenters. The number of rotatable bonds is 4. The van der Waals surface area contributed by atoms with Crippen LogP contribution in [0, 0.1) is 5.92 Å². The summed E-state index contributed by atoms with van der Waals surface area (Å²) in [5, 5.41) is 0. The molecule has 1 amide bonds. The summed E-state index contributed by atoms with van der Waals surface area (Å²) < 4.78 is 11.2. The van der Waals surface area contributed by atoms with Gasteiger partial charge in [0.05, 0.1) is 12.3 Å². The molecule has 0 saturated heterocycles. The highest BCUT2D eigenvalue weighted by Crippen LogP contribution is 2.36. The van der Waals surface area contributed by atoms with E-state index in [0.29, 0.717) is 17.4 Å². The standard InChI is InChI=1S/C14H18N2O3/c1-9-14(17)16(8-18-7-10-2-3-10)12-5-4-11(15)6-13(12)19-9/h4-6,9-10H,2-3,7-8,15H2,1H3. The number of nitrogens with two attached hydrogens (primary N) is 1. The first kappa shape index (κ1) is 12.3. The molecule has 0 spiro atoms. The van der Waals surface area contributed by atoms with Crippen molar-refractivity contribution >= 4 is 17.3 Å². The number of carbonyl (C=O) groups is 1. The molecule has 0 aromatic heterocycles. The van der Waals surface area contributed by atoms with Gasteiger partial charge < -0.3 is 15.2 Å². The average Bonchev–Trinajstić information content (AvgIpc) is 3.18. The van der Waals surface area contributed by atoms with Gasteiger partial charge in [-0.05, 0) is 37.8 Å². The molecule has 1 unspecified atom stereocenters. The summed E-state index contributed by atoms with van der Waals surface area (Å²) in [4.78, 5) is 13.8. The van der Waals surface area contributed by atoms with Gasteiger partial charge in [0.25, 0.3) is 5.91 Å². The summed E-state index contributed by atoms with van der Waals surface area (Å²) in [6.45, 7) is 2.74. The monoisotopic (exact) mass is 262 g/mol. The van der Waals surface area contributed by atoms with Crippen LogP contribution in [0.15, 0.2) is 18.2 Å². The van der Waals surface area contributed by atoms with E-state index in [0.717, 1.165) is 12.3 Å². The van der Waals surface area contributed by atoms with Crippen molar-refractivity contribution in [3.8, 4) is 5.75 Å². The van der Waals surface area contributed by atoms with Gasteiger partial charge in [-0.2, -0.15) is 0 Å². The molecule has 1 fully saturated rings. The Labute approximate surface area is 112 Å². The van der Waals surface area contributed by atoms with E-state index in [2.05, 4.69) is 0 Å². The van der Waals surface area contributed by atoms with Crippen molar-refractivity contribution in [1.29, 1.82) is 0 Å². The number of fused-ring (bicyclic) bond motifs is 1. The smallest absolute Gasteiger partial charge is 0.269 e. The van der Waals surface area contributed by atoms with Crippen LogP contribution in [0.2, 0.25) is 0 Å². The van der Waals surface area contributed by atoms with Crippen molar-refractivity contribution in [3.05, 3.63) is 18.2 Å². The molecular formula is C14H18N2O3. The van der Waals surface area contributed by atoms with Crippen LogP contribution in [-0.2, 0) is 9.53 Å². The largest absolute Gasteiger partial charge is 0.479 e. The summed E-state index contributed by atoms with van der Waals surface area (Å²) in [5.74, 6) is 1.25. The predicted molar refractivity (Wildman–Crippen MR) is 72.0 cm³/mol. The zero-order valence-corrected chi connectivity index (χ0v) is 11.0. The fourth-order valence-electron chi connectivity index (χ4n) is 2.16. The van der Waals surface area contributed by atoms with Gasteiger partial charge in [-0.25, -0.2) is 0 Å². The molecule has 5 nitrogen and oxygen atoms in total. The van der Waals surface area contributed by atoms with Crippen molar-refractivity contribution in [1.82, 2.24) is 0 Å². The van der Waals surface area contributed by atoms with Crippen LogP contribution in [0.25, 0.3) is 0 Å². The quantitative estimate of drug-likeness (QED) is 0.840. The first-order valence-corrected chi connectivity index (χ1v) is 6.60. The number of amides is 1. The lowest BCUT2D eigenvalue weighted by molar-refractivity contribution is -0.126. The van der Waals surface area contributed by atoms with Crippen LogP contribution < -0.4 is 15.4 Å². The number of hydrogen-bond donors (Lipinski definition) is 1. The van der Waals surface area contributed by atoms with Crippen LogP contribution in [0.1, 0.15) is 19.8 Å². The highest BCUT2D eigenvalue weighted by atomic mass is 16.5. The molecule has 1 heterocycles. The maximum atomic E-state index is 12.2. The fourth-order valence-corrected chi connectivity index (χ4v) is 2.16. The molecule has 1 aromatic rings. The lowest BCUT2D eigenvalue weighted by Crippen LogP contribution is -2.45. The van der Waals surface area contributed by atoms with Crippen LogP contribution in [0.4, 0.5) is 11.4 Å². The number of benzene rings is 1. The van der Waals surface area contributed by atoms with E-state index in [4.69, 9.17) is 15.2 Å². The number of nitrogens with zero attached hydrogens (tertiary/aromatic N) is 1. The molecule has 1 saturated carbocycles. The zero-order chi connectivity index (χ0) is 13.4. The van der Waals surface area contributed by atoms with Gasteiger partial charge in [0.2, 0.25) is 0 Å². The van der Waals surface area contributed by atoms with Crippen molar-refractivity contribution in [3.63, 3.8) is 0 Å². The Kier molecular flexibility index (Phi) is 3.06. The number of carbonyl (C=O) groups excluding carboxylic acids is 1. The highest BCUT2D eigenvalue weighted by Gasteiger charge is 2.32. The number of ether oxygens (including phenoxy) is 2. The van der Waals surface area contributed by atoms with Crippen molar-refractivity contribution < 1.29 is 14.3 Å². The molecule has 1 aromatic carbocycles. The van der Waals surface area contributed by atoms with Gasteiger partial charge in [-0.15, -0.1) is 0 Å². The molecule has 3 rings (SSSR count). The minimum absolute atomic E-state index is 0.0759. The fraction of sp³-hybridized carbons (Fsp3) is 0.500. The highest BCUT2D eigenvalue weighted by molar-refractivity contribution is 5.99. The van der Waals surface area contributed by atoms with Crippen LogP contribution in [-0.4, -0.2) is 25.3 Å². The Morgan fingerprint density at radius 2 is 2.26 bits per heavy atom. The van der Waals surface area contributed by atoms with Crippen LogP contribution >= 0.6 is 0 Å². The second kappa shape index (κ2) is 4.74. The minimum atomic E-state index is -0.501. The third kappa shape index (κ3) is 2.51. The van der Waals surface area contributed by atoms with Crippen molar-refractivity contribution in [2.24, 2.45) is 5.92 Å². The second-order valence-electron chi connectivity index (χ2n) is 5.20. The minimum Gasteiger partial charge on any atom is -0.479 e. The van der Waals surface area contributed by atoms with Gasteiger partial charge in [0.15, 0.2) is 6.10 Å². The average molecular weight is 262 g/mol. The topological polar surface area (TPSA) is 64.8 Å². The molecule has 1 aliphatic heterocycles. The van der Waals surface area contributed by atoms with E-state index < -0.39 is 6.10 Å². The molecule has 5 heteroatoms. The molecule has 19 heavy (non-hydrogen) atoms. The summed E-state index contributed by atoms with van der Waals surface area (Å²) in [6, 6.07) is 5.31. The summed E-state index contributed by atoms with van der Waals surface area (Å²) >= 11 is 0. The lowest BCUT2D eigenvalue weighted by atomic mass is 10.2. The Hall–Kier alpha value is -1.75. The zero-order valence-electron chi connectivity index (χ0n) is 11.0. The van der Waals surface area contributed by atoms with Gasteiger partial charge in [0, 0.05) is 11.8 Å². The summed E-state index contributed by atoms with van der Waals surface area (Å²) in [7, 11) is 0. The molecule has 0 bridgehead atoms. The summed E-state index contributed by atoms with van der Waals surface area (Å²) in [6.07, 6.45) is 1.97. The summed E-state index contributed by atoms with van der Waals surface area (Å²) in [5.41, 5.74) is 7.09. The first-order valence-electron chi connectivity index (χ1n) is 6.60. The Morgan fingerprint density at radius 1 is 1.47 bits per heavy atom.